The third-order valence-electron chi connectivity index (χ3n) is 1.91. The minimum atomic E-state index is 0.0990. The third kappa shape index (κ3) is 0.816. The van der Waals surface area contributed by atoms with Crippen LogP contribution in [-0.4, -0.2) is 29.2 Å². The number of hydrogen-bond donors (Lipinski definition) is 0. The molecule has 2 nitrogen and oxygen atoms in total. The van der Waals surface area contributed by atoms with Crippen molar-refractivity contribution in [2.75, 3.05) is 12.9 Å². The second-order valence-electron chi connectivity index (χ2n) is 2.76. The Kier molecular flexibility index (Phi) is 1.43. The Morgan fingerprint density at radius 2 is 2.22 bits per heavy atom. The SMILES string of the molecule is CN1N=C(CCl)C1(C)C. The first-order chi connectivity index (χ1) is 4.09. The Hall–Kier alpha value is -0.240. The lowest BCUT2D eigenvalue weighted by atomic mass is 9.96. The van der Waals surface area contributed by atoms with Crippen LogP contribution in [0.5, 0.6) is 0 Å². The fraction of sp³-hybridized carbons (Fsp3) is 0.833. The summed E-state index contributed by atoms with van der Waals surface area (Å²) in [6.45, 7) is 4.22. The molecular formula is C6H11ClN2. The summed E-state index contributed by atoms with van der Waals surface area (Å²) in [5.41, 5.74) is 1.17. The molecule has 0 radical (unpaired) electrons. The number of halogens is 1. The zero-order valence-electron chi connectivity index (χ0n) is 5.98. The van der Waals surface area contributed by atoms with Gasteiger partial charge in [0.1, 0.15) is 0 Å². The summed E-state index contributed by atoms with van der Waals surface area (Å²) >= 11 is 5.60. The van der Waals surface area contributed by atoms with E-state index in [1.54, 1.807) is 0 Å². The molecule has 1 rings (SSSR count). The van der Waals surface area contributed by atoms with Crippen molar-refractivity contribution in [2.24, 2.45) is 5.10 Å². The Morgan fingerprint density at radius 1 is 1.67 bits per heavy atom. The van der Waals surface area contributed by atoms with Gasteiger partial charge in [0.25, 0.3) is 0 Å². The van der Waals surface area contributed by atoms with Gasteiger partial charge < -0.3 is 0 Å². The highest BCUT2D eigenvalue weighted by atomic mass is 35.5. The molecule has 52 valence electrons. The first kappa shape index (κ1) is 6.87. The van der Waals surface area contributed by atoms with Gasteiger partial charge in [-0.3, -0.25) is 5.01 Å². The third-order valence-corrected chi connectivity index (χ3v) is 2.17. The van der Waals surface area contributed by atoms with Crippen molar-refractivity contribution in [3.05, 3.63) is 0 Å². The predicted octanol–water partition coefficient (Wildman–Crippen LogP) is 1.31. The van der Waals surface area contributed by atoms with Crippen LogP contribution in [0.4, 0.5) is 0 Å². The van der Waals surface area contributed by atoms with Crippen LogP contribution in [0.3, 0.4) is 0 Å². The average molecular weight is 147 g/mol. The molecule has 0 bridgehead atoms. The quantitative estimate of drug-likeness (QED) is 0.510. The summed E-state index contributed by atoms with van der Waals surface area (Å²) in [6, 6.07) is 0. The van der Waals surface area contributed by atoms with E-state index in [0.717, 1.165) is 5.71 Å². The van der Waals surface area contributed by atoms with E-state index in [4.69, 9.17) is 11.6 Å². The van der Waals surface area contributed by atoms with Crippen LogP contribution in [0.25, 0.3) is 0 Å². The summed E-state index contributed by atoms with van der Waals surface area (Å²) in [5.74, 6) is 0.553. The van der Waals surface area contributed by atoms with Crippen molar-refractivity contribution in [1.29, 1.82) is 0 Å². The van der Waals surface area contributed by atoms with Crippen LogP contribution in [0.2, 0.25) is 0 Å². The molecule has 1 aliphatic heterocycles. The molecule has 0 aromatic rings. The van der Waals surface area contributed by atoms with E-state index in [0.29, 0.717) is 5.88 Å². The van der Waals surface area contributed by atoms with Gasteiger partial charge in [0, 0.05) is 7.05 Å². The molecule has 1 heterocycles. The summed E-state index contributed by atoms with van der Waals surface area (Å²) < 4.78 is 0. The zero-order valence-corrected chi connectivity index (χ0v) is 6.74. The van der Waals surface area contributed by atoms with Crippen molar-refractivity contribution < 1.29 is 0 Å². The smallest absolute Gasteiger partial charge is 0.0928 e. The number of nitrogens with zero attached hydrogens (tertiary/aromatic N) is 2. The Balaban J connectivity index is 2.70. The van der Waals surface area contributed by atoms with Crippen LogP contribution in [0.1, 0.15) is 13.8 Å². The number of hydrogen-bond acceptors (Lipinski definition) is 2. The topological polar surface area (TPSA) is 15.6 Å². The zero-order chi connectivity index (χ0) is 7.07. The summed E-state index contributed by atoms with van der Waals surface area (Å²) in [6.07, 6.45) is 0. The van der Waals surface area contributed by atoms with Crippen LogP contribution >= 0.6 is 11.6 Å². The van der Waals surface area contributed by atoms with Gasteiger partial charge in [0.2, 0.25) is 0 Å². The summed E-state index contributed by atoms with van der Waals surface area (Å²) in [4.78, 5) is 0. The van der Waals surface area contributed by atoms with Crippen LogP contribution in [0.15, 0.2) is 5.10 Å². The molecule has 0 aromatic heterocycles. The molecule has 9 heavy (non-hydrogen) atoms. The van der Waals surface area contributed by atoms with Crippen molar-refractivity contribution >= 4 is 17.3 Å². The van der Waals surface area contributed by atoms with Gasteiger partial charge in [-0.05, 0) is 13.8 Å². The Labute approximate surface area is 60.5 Å². The molecule has 0 atom stereocenters. The fourth-order valence-electron chi connectivity index (χ4n) is 0.761. The van der Waals surface area contributed by atoms with Crippen molar-refractivity contribution in [3.8, 4) is 0 Å². The van der Waals surface area contributed by atoms with Crippen molar-refractivity contribution in [3.63, 3.8) is 0 Å². The lowest BCUT2D eigenvalue weighted by Crippen LogP contribution is -2.55. The highest BCUT2D eigenvalue weighted by Crippen LogP contribution is 2.24. The molecule has 0 aromatic carbocycles. The predicted molar refractivity (Wildman–Crippen MR) is 40.0 cm³/mol. The molecule has 0 saturated heterocycles. The monoisotopic (exact) mass is 146 g/mol. The van der Waals surface area contributed by atoms with Gasteiger partial charge >= 0.3 is 0 Å². The lowest BCUT2D eigenvalue weighted by Gasteiger charge is -2.42. The van der Waals surface area contributed by atoms with E-state index < -0.39 is 0 Å². The van der Waals surface area contributed by atoms with E-state index in [1.807, 2.05) is 12.1 Å². The highest BCUT2D eigenvalue weighted by Gasteiger charge is 2.36. The lowest BCUT2D eigenvalue weighted by molar-refractivity contribution is 0.184. The maximum absolute atomic E-state index is 5.60. The van der Waals surface area contributed by atoms with Gasteiger partial charge in [0.15, 0.2) is 0 Å². The molecule has 3 heteroatoms. The Bertz CT molecular complexity index is 151. The minimum Gasteiger partial charge on any atom is -0.289 e. The standard InChI is InChI=1S/C6H11ClN2/c1-6(2)5(4-7)8-9(6)3/h4H2,1-3H3. The van der Waals surface area contributed by atoms with E-state index in [2.05, 4.69) is 18.9 Å². The van der Waals surface area contributed by atoms with Crippen LogP contribution in [0, 0.1) is 0 Å². The van der Waals surface area contributed by atoms with Crippen LogP contribution < -0.4 is 0 Å². The second-order valence-corrected chi connectivity index (χ2v) is 3.03. The molecular weight excluding hydrogens is 136 g/mol. The van der Waals surface area contributed by atoms with Crippen molar-refractivity contribution in [2.45, 2.75) is 19.4 Å². The highest BCUT2D eigenvalue weighted by molar-refractivity contribution is 6.30. The molecule has 0 aliphatic carbocycles. The fourth-order valence-corrected chi connectivity index (χ4v) is 1.14. The molecule has 0 unspecified atom stereocenters. The number of rotatable bonds is 1. The average Bonchev–Trinajstić information content (AvgIpc) is 1.82. The Morgan fingerprint density at radius 3 is 2.33 bits per heavy atom. The minimum absolute atomic E-state index is 0.0990. The molecule has 0 fully saturated rings. The molecule has 0 saturated carbocycles. The van der Waals surface area contributed by atoms with Gasteiger partial charge in [-0.2, -0.15) is 5.10 Å². The van der Waals surface area contributed by atoms with Gasteiger partial charge in [0.05, 0.1) is 17.1 Å². The van der Waals surface area contributed by atoms with E-state index >= 15 is 0 Å². The largest absolute Gasteiger partial charge is 0.289 e. The van der Waals surface area contributed by atoms with Crippen molar-refractivity contribution in [1.82, 2.24) is 5.01 Å². The molecule has 1 aliphatic rings. The number of hydrazone groups is 1. The van der Waals surface area contributed by atoms with Gasteiger partial charge in [-0.25, -0.2) is 0 Å². The van der Waals surface area contributed by atoms with Crippen LogP contribution in [-0.2, 0) is 0 Å². The van der Waals surface area contributed by atoms with Gasteiger partial charge in [-0.1, -0.05) is 0 Å². The molecule has 0 amide bonds. The molecule has 0 spiro atoms. The van der Waals surface area contributed by atoms with E-state index in [1.165, 1.54) is 0 Å². The first-order valence-electron chi connectivity index (χ1n) is 2.97. The normalized spacial score (nSPS) is 23.1. The van der Waals surface area contributed by atoms with E-state index in [9.17, 15) is 0 Å². The maximum atomic E-state index is 5.60. The summed E-state index contributed by atoms with van der Waals surface area (Å²) in [5, 5.41) is 6.03. The first-order valence-corrected chi connectivity index (χ1v) is 3.50. The van der Waals surface area contributed by atoms with E-state index in [-0.39, 0.29) is 5.54 Å². The summed E-state index contributed by atoms with van der Waals surface area (Å²) in [7, 11) is 1.95. The second kappa shape index (κ2) is 1.87. The maximum Gasteiger partial charge on any atom is 0.0928 e. The van der Waals surface area contributed by atoms with Gasteiger partial charge in [-0.15, -0.1) is 11.6 Å². The molecule has 0 N–H and O–H groups in total. The number of alkyl halides is 1.